The fourth-order valence-electron chi connectivity index (χ4n) is 5.74. The maximum absolute atomic E-state index is 13.9. The van der Waals surface area contributed by atoms with E-state index in [1.54, 1.807) is 52.0 Å². The van der Waals surface area contributed by atoms with Crippen LogP contribution in [-0.2, 0) is 19.6 Å². The van der Waals surface area contributed by atoms with Gasteiger partial charge in [-0.25, -0.2) is 18.1 Å². The molecule has 15 heteroatoms. The molecule has 3 N–H and O–H groups in total. The van der Waals surface area contributed by atoms with Gasteiger partial charge in [-0.3, -0.25) is 24.0 Å². The van der Waals surface area contributed by atoms with E-state index in [2.05, 4.69) is 15.6 Å². The van der Waals surface area contributed by atoms with Crippen LogP contribution >= 0.6 is 11.6 Å². The number of fused-ring (bicyclic) bond motifs is 1. The Bertz CT molecular complexity index is 2030. The molecule has 1 aliphatic heterocycles. The van der Waals surface area contributed by atoms with Crippen molar-refractivity contribution < 1.29 is 36.8 Å². The number of ketones is 1. The number of hydrogen-bond donors (Lipinski definition) is 3. The van der Waals surface area contributed by atoms with Crippen LogP contribution in [0.4, 0.5) is 0 Å². The van der Waals surface area contributed by atoms with Crippen LogP contribution in [0.5, 0.6) is 0 Å². The number of amides is 4. The minimum Gasteiger partial charge on any atom is -0.434 e. The molecule has 2 heterocycles. The SMILES string of the molecule is CC(C)[C@H](NC(=O)[C@@H]1CCCN1C(=O)[C@@H](NC(=O)c1ccc(C(=O)NS(=O)(=O)c2ccc(Cl)cc2)cc1)C(C)C)C(=O)c1nc2ccccc2o1. The number of benzene rings is 3. The first-order valence-electron chi connectivity index (χ1n) is 16.4. The van der Waals surface area contributed by atoms with Crippen molar-refractivity contribution in [3.8, 4) is 0 Å². The molecule has 0 unspecified atom stereocenters. The van der Waals surface area contributed by atoms with Crippen molar-refractivity contribution in [2.24, 2.45) is 11.8 Å². The zero-order valence-corrected chi connectivity index (χ0v) is 30.0. The molecule has 1 fully saturated rings. The minimum atomic E-state index is -4.17. The summed E-state index contributed by atoms with van der Waals surface area (Å²) in [6, 6.07) is 14.7. The maximum atomic E-state index is 13.9. The molecule has 3 aromatic carbocycles. The number of carbonyl (C=O) groups is 5. The fraction of sp³-hybridized carbons (Fsp3) is 0.333. The third kappa shape index (κ3) is 8.46. The van der Waals surface area contributed by atoms with Crippen molar-refractivity contribution in [3.05, 3.63) is 94.8 Å². The van der Waals surface area contributed by atoms with Crippen LogP contribution in [0.2, 0.25) is 5.02 Å². The number of likely N-dealkylation sites (tertiary alicyclic amines) is 1. The Kier molecular flexibility index (Phi) is 11.3. The number of sulfonamides is 1. The van der Waals surface area contributed by atoms with Crippen LogP contribution in [0, 0.1) is 11.8 Å². The predicted molar refractivity (Wildman–Crippen MR) is 188 cm³/mol. The van der Waals surface area contributed by atoms with Gasteiger partial charge in [0.15, 0.2) is 5.58 Å². The second kappa shape index (κ2) is 15.4. The Morgan fingerprint density at radius 2 is 1.43 bits per heavy atom. The van der Waals surface area contributed by atoms with E-state index in [1.165, 1.54) is 53.4 Å². The molecule has 1 saturated heterocycles. The Balaban J connectivity index is 1.23. The van der Waals surface area contributed by atoms with E-state index < -0.39 is 57.6 Å². The van der Waals surface area contributed by atoms with E-state index >= 15 is 0 Å². The average Bonchev–Trinajstić information content (AvgIpc) is 3.77. The number of nitrogens with zero attached hydrogens (tertiary/aromatic N) is 2. The topological polar surface area (TPSA) is 185 Å². The number of halogens is 1. The molecule has 4 aromatic rings. The number of Topliss-reactive ketones (excluding diaryl/α,β-unsaturated/α-hetero) is 1. The van der Waals surface area contributed by atoms with Gasteiger partial charge in [0, 0.05) is 22.7 Å². The molecule has 13 nitrogen and oxygen atoms in total. The van der Waals surface area contributed by atoms with Gasteiger partial charge in [-0.15, -0.1) is 0 Å². The Hall–Kier alpha value is -5.08. The van der Waals surface area contributed by atoms with Crippen molar-refractivity contribution in [1.82, 2.24) is 25.2 Å². The fourth-order valence-corrected chi connectivity index (χ4v) is 6.84. The lowest BCUT2D eigenvalue weighted by molar-refractivity contribution is -0.140. The number of para-hydroxylation sites is 2. The highest BCUT2D eigenvalue weighted by atomic mass is 35.5. The van der Waals surface area contributed by atoms with Gasteiger partial charge in [0.2, 0.25) is 17.6 Å². The highest BCUT2D eigenvalue weighted by Gasteiger charge is 2.40. The summed E-state index contributed by atoms with van der Waals surface area (Å²) in [5.74, 6) is -3.73. The summed E-state index contributed by atoms with van der Waals surface area (Å²) < 4.78 is 32.8. The van der Waals surface area contributed by atoms with Crippen LogP contribution in [0.3, 0.4) is 0 Å². The smallest absolute Gasteiger partial charge is 0.266 e. The van der Waals surface area contributed by atoms with Crippen molar-refractivity contribution >= 4 is 62.1 Å². The zero-order valence-electron chi connectivity index (χ0n) is 28.4. The molecule has 0 spiro atoms. The second-order valence-corrected chi connectivity index (χ2v) is 15.1. The molecule has 0 radical (unpaired) electrons. The molecule has 4 amide bonds. The first-order valence-corrected chi connectivity index (χ1v) is 18.3. The number of nitrogens with one attached hydrogen (secondary N) is 3. The highest BCUT2D eigenvalue weighted by Crippen LogP contribution is 2.23. The van der Waals surface area contributed by atoms with Crippen LogP contribution in [-0.4, -0.2) is 72.4 Å². The molecule has 5 rings (SSSR count). The lowest BCUT2D eigenvalue weighted by Gasteiger charge is -2.31. The molecular formula is C36H38ClN5O8S. The molecule has 51 heavy (non-hydrogen) atoms. The van der Waals surface area contributed by atoms with Crippen molar-refractivity contribution in [2.45, 2.75) is 63.6 Å². The molecular weight excluding hydrogens is 698 g/mol. The van der Waals surface area contributed by atoms with Crippen molar-refractivity contribution in [3.63, 3.8) is 0 Å². The standard InChI is InChI=1S/C36H38ClN5O8S/c1-20(2)29(31(43)35-38-26-8-5-6-10-28(26)50-35)39-34(46)27-9-7-19-42(27)36(47)30(21(3)4)40-32(44)22-11-13-23(14-12-22)33(45)41-51(48,49)25-17-15-24(37)16-18-25/h5-6,8,10-18,20-21,27,29-30H,7,9,19H2,1-4H3,(H,39,46)(H,40,44)(H,41,45)/t27-,29-,30-/m0/s1. The third-order valence-electron chi connectivity index (χ3n) is 8.57. The Morgan fingerprint density at radius 1 is 0.824 bits per heavy atom. The number of hydrogen-bond acceptors (Lipinski definition) is 9. The molecule has 0 bridgehead atoms. The van der Waals surface area contributed by atoms with E-state index in [-0.39, 0.29) is 40.3 Å². The van der Waals surface area contributed by atoms with E-state index in [4.69, 9.17) is 16.0 Å². The van der Waals surface area contributed by atoms with Gasteiger partial charge in [-0.1, -0.05) is 51.4 Å². The van der Waals surface area contributed by atoms with Gasteiger partial charge >= 0.3 is 0 Å². The first kappa shape index (κ1) is 37.2. The number of carbonyl (C=O) groups excluding carboxylic acids is 5. The van der Waals surface area contributed by atoms with Crippen molar-refractivity contribution in [1.29, 1.82) is 0 Å². The molecule has 3 atom stereocenters. The van der Waals surface area contributed by atoms with E-state index in [0.717, 1.165) is 0 Å². The van der Waals surface area contributed by atoms with Crippen LogP contribution in [0.25, 0.3) is 11.1 Å². The van der Waals surface area contributed by atoms with Gasteiger partial charge in [0.25, 0.3) is 27.7 Å². The number of oxazole rings is 1. The van der Waals surface area contributed by atoms with E-state index in [9.17, 15) is 32.4 Å². The maximum Gasteiger partial charge on any atom is 0.266 e. The summed E-state index contributed by atoms with van der Waals surface area (Å²) in [5, 5.41) is 5.90. The van der Waals surface area contributed by atoms with E-state index in [0.29, 0.717) is 29.0 Å². The van der Waals surface area contributed by atoms with E-state index in [1.807, 2.05) is 4.72 Å². The summed E-state index contributed by atoms with van der Waals surface area (Å²) in [7, 11) is -4.17. The van der Waals surface area contributed by atoms with Gasteiger partial charge in [0.1, 0.15) is 17.6 Å². The van der Waals surface area contributed by atoms with Crippen molar-refractivity contribution in [2.75, 3.05) is 6.54 Å². The van der Waals surface area contributed by atoms with Gasteiger partial charge < -0.3 is 20.0 Å². The molecule has 1 aromatic heterocycles. The summed E-state index contributed by atoms with van der Waals surface area (Å²) in [4.78, 5) is 72.5. The second-order valence-electron chi connectivity index (χ2n) is 12.9. The lowest BCUT2D eigenvalue weighted by Crippen LogP contribution is -2.57. The normalized spacial score (nSPS) is 15.8. The Labute approximate surface area is 300 Å². The Morgan fingerprint density at radius 3 is 2.04 bits per heavy atom. The van der Waals surface area contributed by atoms with Crippen LogP contribution < -0.4 is 15.4 Å². The summed E-state index contributed by atoms with van der Waals surface area (Å²) in [6.45, 7) is 7.38. The molecule has 1 aliphatic rings. The largest absolute Gasteiger partial charge is 0.434 e. The molecule has 268 valence electrons. The predicted octanol–water partition coefficient (Wildman–Crippen LogP) is 4.37. The number of rotatable bonds is 12. The third-order valence-corrected chi connectivity index (χ3v) is 10.2. The number of aromatic nitrogens is 1. The highest BCUT2D eigenvalue weighted by molar-refractivity contribution is 7.90. The molecule has 0 saturated carbocycles. The summed E-state index contributed by atoms with van der Waals surface area (Å²) >= 11 is 5.82. The quantitative estimate of drug-likeness (QED) is 0.178. The summed E-state index contributed by atoms with van der Waals surface area (Å²) in [5.41, 5.74) is 1.08. The summed E-state index contributed by atoms with van der Waals surface area (Å²) in [6.07, 6.45) is 0.917. The van der Waals surface area contributed by atoms with Crippen LogP contribution in [0.1, 0.15) is 71.9 Å². The first-order chi connectivity index (χ1) is 24.2. The zero-order chi connectivity index (χ0) is 37.0. The van der Waals surface area contributed by atoms with Crippen LogP contribution in [0.15, 0.2) is 82.1 Å². The average molecular weight is 736 g/mol. The minimum absolute atomic E-state index is 0.0132. The van der Waals surface area contributed by atoms with Gasteiger partial charge in [-0.2, -0.15) is 0 Å². The lowest BCUT2D eigenvalue weighted by atomic mass is 9.98. The monoisotopic (exact) mass is 735 g/mol. The van der Waals surface area contributed by atoms with Gasteiger partial charge in [0.05, 0.1) is 10.9 Å². The van der Waals surface area contributed by atoms with Gasteiger partial charge in [-0.05, 0) is 85.3 Å². The molecule has 0 aliphatic carbocycles.